The van der Waals surface area contributed by atoms with Gasteiger partial charge in [0.25, 0.3) is 0 Å². The van der Waals surface area contributed by atoms with Crippen LogP contribution in [0, 0.1) is 13.8 Å². The average molecular weight is 269 g/mol. The van der Waals surface area contributed by atoms with Gasteiger partial charge in [-0.3, -0.25) is 4.68 Å². The molecule has 5 heteroatoms. The van der Waals surface area contributed by atoms with E-state index < -0.39 is 0 Å². The number of hydrogen-bond acceptors (Lipinski definition) is 4. The zero-order valence-electron chi connectivity index (χ0n) is 12.4. The second kappa shape index (κ2) is 9.07. The minimum Gasteiger partial charge on any atom is -0.396 e. The third kappa shape index (κ3) is 5.30. The van der Waals surface area contributed by atoms with Crippen LogP contribution in [0.4, 0.5) is 0 Å². The Balaban J connectivity index is 2.46. The van der Waals surface area contributed by atoms with E-state index in [0.717, 1.165) is 51.2 Å². The van der Waals surface area contributed by atoms with Crippen molar-refractivity contribution >= 4 is 0 Å². The van der Waals surface area contributed by atoms with Crippen molar-refractivity contribution < 1.29 is 9.84 Å². The van der Waals surface area contributed by atoms with Crippen molar-refractivity contribution in [3.8, 4) is 0 Å². The molecular weight excluding hydrogens is 242 g/mol. The highest BCUT2D eigenvalue weighted by Crippen LogP contribution is 2.13. The predicted molar refractivity (Wildman–Crippen MR) is 76.2 cm³/mol. The number of nitrogens with one attached hydrogen (secondary N) is 1. The molecule has 0 aliphatic carbocycles. The van der Waals surface area contributed by atoms with Crippen molar-refractivity contribution in [2.24, 2.45) is 0 Å². The quantitative estimate of drug-likeness (QED) is 0.630. The maximum Gasteiger partial charge on any atom is 0.0641 e. The molecule has 0 saturated carbocycles. The lowest BCUT2D eigenvalue weighted by molar-refractivity contribution is 0.199. The van der Waals surface area contributed by atoms with Gasteiger partial charge < -0.3 is 15.2 Å². The van der Waals surface area contributed by atoms with Crippen LogP contribution in [-0.4, -0.2) is 41.8 Å². The van der Waals surface area contributed by atoms with E-state index in [9.17, 15) is 0 Å². The fourth-order valence-corrected chi connectivity index (χ4v) is 2.15. The second-order valence-electron chi connectivity index (χ2n) is 4.83. The summed E-state index contributed by atoms with van der Waals surface area (Å²) in [6.07, 6.45) is 3.00. The number of aryl methyl sites for hydroxylation is 2. The number of methoxy groups -OCH3 is 1. The van der Waals surface area contributed by atoms with Gasteiger partial charge in [0.2, 0.25) is 0 Å². The van der Waals surface area contributed by atoms with Crippen LogP contribution < -0.4 is 5.32 Å². The maximum absolute atomic E-state index is 8.77. The van der Waals surface area contributed by atoms with E-state index in [4.69, 9.17) is 9.84 Å². The van der Waals surface area contributed by atoms with Crippen LogP contribution in [-0.2, 0) is 17.8 Å². The Bertz CT molecular complexity index is 364. The third-order valence-electron chi connectivity index (χ3n) is 3.34. The van der Waals surface area contributed by atoms with Gasteiger partial charge in [-0.2, -0.15) is 5.10 Å². The van der Waals surface area contributed by atoms with Crippen LogP contribution in [0.2, 0.25) is 0 Å². The molecule has 0 fully saturated rings. The van der Waals surface area contributed by atoms with Crippen LogP contribution in [0.1, 0.15) is 36.2 Å². The van der Waals surface area contributed by atoms with Gasteiger partial charge in [-0.15, -0.1) is 0 Å². The highest BCUT2D eigenvalue weighted by molar-refractivity contribution is 5.24. The number of hydrogen-bond donors (Lipinski definition) is 2. The molecule has 110 valence electrons. The van der Waals surface area contributed by atoms with Crippen LogP contribution in [0.3, 0.4) is 0 Å². The number of rotatable bonds is 10. The molecule has 1 heterocycles. The summed E-state index contributed by atoms with van der Waals surface area (Å²) >= 11 is 0. The minimum absolute atomic E-state index is 0.284. The third-order valence-corrected chi connectivity index (χ3v) is 3.34. The highest BCUT2D eigenvalue weighted by Gasteiger charge is 2.10. The summed E-state index contributed by atoms with van der Waals surface area (Å²) in [5.41, 5.74) is 3.63. The summed E-state index contributed by atoms with van der Waals surface area (Å²) < 4.78 is 7.10. The lowest BCUT2D eigenvalue weighted by atomic mass is 10.2. The summed E-state index contributed by atoms with van der Waals surface area (Å²) in [5.74, 6) is 0. The molecule has 0 radical (unpaired) electrons. The molecule has 1 aromatic rings. The van der Waals surface area contributed by atoms with Crippen LogP contribution in [0.5, 0.6) is 0 Å². The molecule has 2 N–H and O–H groups in total. The average Bonchev–Trinajstić information content (AvgIpc) is 2.67. The topological polar surface area (TPSA) is 59.3 Å². The molecule has 1 rings (SSSR count). The fraction of sp³-hybridized carbons (Fsp3) is 0.786. The molecule has 0 spiro atoms. The number of aliphatic hydroxyl groups excluding tert-OH is 1. The molecule has 0 atom stereocenters. The van der Waals surface area contributed by atoms with Gasteiger partial charge >= 0.3 is 0 Å². The number of nitrogens with zero attached hydrogens (tertiary/aromatic N) is 2. The van der Waals surface area contributed by atoms with Crippen LogP contribution in [0.25, 0.3) is 0 Å². The van der Waals surface area contributed by atoms with Gasteiger partial charge in [-0.1, -0.05) is 0 Å². The first kappa shape index (κ1) is 16.1. The first-order valence-electron chi connectivity index (χ1n) is 7.04. The maximum atomic E-state index is 8.77. The van der Waals surface area contributed by atoms with Gasteiger partial charge in [0, 0.05) is 44.6 Å². The fourth-order valence-electron chi connectivity index (χ4n) is 2.15. The van der Waals surface area contributed by atoms with Crippen molar-refractivity contribution in [3.05, 3.63) is 17.0 Å². The van der Waals surface area contributed by atoms with Crippen molar-refractivity contribution in [3.63, 3.8) is 0 Å². The smallest absolute Gasteiger partial charge is 0.0641 e. The van der Waals surface area contributed by atoms with Gasteiger partial charge in [0.05, 0.1) is 12.3 Å². The molecule has 0 amide bonds. The summed E-state index contributed by atoms with van der Waals surface area (Å²) in [6, 6.07) is 0. The van der Waals surface area contributed by atoms with E-state index in [1.165, 1.54) is 11.3 Å². The molecule has 1 aromatic heterocycles. The molecular formula is C14H27N3O2. The van der Waals surface area contributed by atoms with E-state index in [-0.39, 0.29) is 6.61 Å². The van der Waals surface area contributed by atoms with Crippen molar-refractivity contribution in [2.45, 2.75) is 46.2 Å². The molecule has 0 bridgehead atoms. The van der Waals surface area contributed by atoms with Crippen LogP contribution in [0.15, 0.2) is 0 Å². The predicted octanol–water partition coefficient (Wildman–Crippen LogP) is 1.40. The zero-order chi connectivity index (χ0) is 14.1. The second-order valence-corrected chi connectivity index (χ2v) is 4.83. The van der Waals surface area contributed by atoms with E-state index in [2.05, 4.69) is 28.9 Å². The van der Waals surface area contributed by atoms with E-state index in [1.807, 2.05) is 0 Å². The van der Waals surface area contributed by atoms with Gasteiger partial charge in [0.1, 0.15) is 0 Å². The Morgan fingerprint density at radius 2 is 2.05 bits per heavy atom. The zero-order valence-corrected chi connectivity index (χ0v) is 12.4. The van der Waals surface area contributed by atoms with E-state index in [1.54, 1.807) is 7.11 Å². The molecule has 5 nitrogen and oxygen atoms in total. The number of unbranched alkanes of at least 4 members (excludes halogenated alkanes) is 2. The molecule has 0 aliphatic rings. The van der Waals surface area contributed by atoms with Crippen LogP contribution >= 0.6 is 0 Å². The number of aromatic nitrogens is 2. The number of ether oxygens (including phenoxy) is 1. The van der Waals surface area contributed by atoms with Gasteiger partial charge in [-0.25, -0.2) is 0 Å². The Morgan fingerprint density at radius 1 is 1.26 bits per heavy atom. The molecule has 19 heavy (non-hydrogen) atoms. The molecule has 0 aromatic carbocycles. The van der Waals surface area contributed by atoms with Crippen molar-refractivity contribution in [2.75, 3.05) is 26.9 Å². The monoisotopic (exact) mass is 269 g/mol. The van der Waals surface area contributed by atoms with Gasteiger partial charge in [-0.05, 0) is 33.1 Å². The summed E-state index contributed by atoms with van der Waals surface area (Å²) in [5, 5.41) is 16.7. The lowest BCUT2D eigenvalue weighted by Crippen LogP contribution is -2.19. The molecule has 0 saturated heterocycles. The Hall–Kier alpha value is -0.910. The first-order valence-corrected chi connectivity index (χ1v) is 7.04. The highest BCUT2D eigenvalue weighted by atomic mass is 16.5. The van der Waals surface area contributed by atoms with Crippen molar-refractivity contribution in [1.82, 2.24) is 15.1 Å². The summed E-state index contributed by atoms with van der Waals surface area (Å²) in [4.78, 5) is 0. The van der Waals surface area contributed by atoms with E-state index >= 15 is 0 Å². The largest absolute Gasteiger partial charge is 0.396 e. The van der Waals surface area contributed by atoms with Gasteiger partial charge in [0.15, 0.2) is 0 Å². The summed E-state index contributed by atoms with van der Waals surface area (Å²) in [7, 11) is 1.71. The lowest BCUT2D eigenvalue weighted by Gasteiger charge is -2.06. The first-order chi connectivity index (χ1) is 9.20. The Labute approximate surface area is 116 Å². The summed E-state index contributed by atoms with van der Waals surface area (Å²) in [6.45, 7) is 7.84. The standard InChI is InChI=1S/C14H27N3O2/c1-12-14(11-15-7-10-19-3)13(2)17(16-12)8-5-4-6-9-18/h15,18H,4-11H2,1-3H3. The number of aliphatic hydroxyl groups is 1. The SMILES string of the molecule is COCCNCc1c(C)nn(CCCCCO)c1C. The molecule has 0 unspecified atom stereocenters. The van der Waals surface area contributed by atoms with Crippen molar-refractivity contribution in [1.29, 1.82) is 0 Å². The normalized spacial score (nSPS) is 11.2. The Kier molecular flexibility index (Phi) is 7.70. The molecule has 0 aliphatic heterocycles. The Morgan fingerprint density at radius 3 is 2.74 bits per heavy atom. The van der Waals surface area contributed by atoms with E-state index in [0.29, 0.717) is 0 Å². The minimum atomic E-state index is 0.284.